The molecule has 7 heteroatoms. The van der Waals surface area contributed by atoms with E-state index in [4.69, 9.17) is 0 Å². The van der Waals surface area contributed by atoms with E-state index in [0.717, 1.165) is 38.5 Å². The predicted molar refractivity (Wildman–Crippen MR) is 200 cm³/mol. The van der Waals surface area contributed by atoms with Crippen molar-refractivity contribution in [2.24, 2.45) is 5.18 Å². The molecule has 1 amide bonds. The Bertz CT molecular complexity index is 665. The molecule has 4 atom stereocenters. The number of aliphatic hydroxyl groups is 3. The van der Waals surface area contributed by atoms with E-state index in [1.165, 1.54) is 154 Å². The summed E-state index contributed by atoms with van der Waals surface area (Å²) in [5.41, 5.74) is 0. The lowest BCUT2D eigenvalue weighted by Gasteiger charge is -2.26. The molecule has 7 nitrogen and oxygen atoms in total. The van der Waals surface area contributed by atoms with E-state index < -0.39 is 36.8 Å². The van der Waals surface area contributed by atoms with Crippen molar-refractivity contribution < 1.29 is 20.1 Å². The van der Waals surface area contributed by atoms with Crippen LogP contribution in [0, 0.1) is 4.91 Å². The third-order valence-electron chi connectivity index (χ3n) is 9.94. The van der Waals surface area contributed by atoms with Crippen LogP contribution in [0.5, 0.6) is 0 Å². The minimum absolute atomic E-state index is 0.351. The quantitative estimate of drug-likeness (QED) is 0.0385. The van der Waals surface area contributed by atoms with Gasteiger partial charge in [0, 0.05) is 0 Å². The molecule has 0 saturated carbocycles. The summed E-state index contributed by atoms with van der Waals surface area (Å²) in [5, 5.41) is 36.3. The highest BCUT2D eigenvalue weighted by atomic mass is 16.3. The van der Waals surface area contributed by atoms with Crippen LogP contribution in [-0.2, 0) is 4.79 Å². The Labute approximate surface area is 291 Å². The average molecular weight is 669 g/mol. The van der Waals surface area contributed by atoms with Gasteiger partial charge in [-0.3, -0.25) is 4.79 Å². The maximum absolute atomic E-state index is 12.5. The van der Waals surface area contributed by atoms with Gasteiger partial charge in [0.2, 0.25) is 5.91 Å². The molecular weight excluding hydrogens is 588 g/mol. The molecule has 0 saturated heterocycles. The molecular formula is C40H80N2O5. The van der Waals surface area contributed by atoms with Crippen molar-refractivity contribution in [3.8, 4) is 0 Å². The number of carbonyl (C=O) groups is 1. The molecule has 4 unspecified atom stereocenters. The molecule has 0 spiro atoms. The Morgan fingerprint density at radius 3 is 1.11 bits per heavy atom. The van der Waals surface area contributed by atoms with Crippen LogP contribution in [0.4, 0.5) is 0 Å². The summed E-state index contributed by atoms with van der Waals surface area (Å²) in [6, 6.07) is -2.13. The van der Waals surface area contributed by atoms with Gasteiger partial charge < -0.3 is 20.6 Å². The number of aliphatic hydroxyl groups excluding tert-OH is 3. The Morgan fingerprint density at radius 2 is 0.809 bits per heavy atom. The normalized spacial score (nSPS) is 14.1. The van der Waals surface area contributed by atoms with Crippen molar-refractivity contribution in [3.63, 3.8) is 0 Å². The summed E-state index contributed by atoms with van der Waals surface area (Å²) in [6.07, 6.45) is 36.3. The van der Waals surface area contributed by atoms with Gasteiger partial charge >= 0.3 is 0 Å². The minimum Gasteiger partial charge on any atom is -0.394 e. The first-order valence-electron chi connectivity index (χ1n) is 20.6. The zero-order valence-electron chi connectivity index (χ0n) is 31.2. The van der Waals surface area contributed by atoms with Crippen molar-refractivity contribution in [2.75, 3.05) is 6.61 Å². The number of nitrogens with one attached hydrogen (secondary N) is 1. The van der Waals surface area contributed by atoms with E-state index in [-0.39, 0.29) is 0 Å². The number of hydrogen-bond donors (Lipinski definition) is 4. The van der Waals surface area contributed by atoms with E-state index >= 15 is 0 Å². The molecule has 0 radical (unpaired) electrons. The van der Waals surface area contributed by atoms with Gasteiger partial charge in [-0.15, -0.1) is 0 Å². The van der Waals surface area contributed by atoms with Gasteiger partial charge in [-0.25, -0.2) is 0 Å². The molecule has 0 aliphatic rings. The largest absolute Gasteiger partial charge is 0.394 e. The van der Waals surface area contributed by atoms with Crippen LogP contribution in [0.3, 0.4) is 0 Å². The number of nitroso groups, excluding NO2 is 1. The maximum atomic E-state index is 12.5. The summed E-state index contributed by atoms with van der Waals surface area (Å²) < 4.78 is 0. The van der Waals surface area contributed by atoms with Gasteiger partial charge in [-0.05, 0) is 12.8 Å². The fourth-order valence-electron chi connectivity index (χ4n) is 6.67. The molecule has 0 fully saturated rings. The first-order valence-corrected chi connectivity index (χ1v) is 20.6. The number of nitrogens with zero attached hydrogens (tertiary/aromatic N) is 1. The van der Waals surface area contributed by atoms with Gasteiger partial charge in [0.1, 0.15) is 12.1 Å². The van der Waals surface area contributed by atoms with Gasteiger partial charge in [0.25, 0.3) is 0 Å². The molecule has 0 aliphatic heterocycles. The fraction of sp³-hybridized carbons (Fsp3) is 0.975. The minimum atomic E-state index is -1.19. The Hall–Kier alpha value is -1.05. The van der Waals surface area contributed by atoms with Gasteiger partial charge in [0.05, 0.1) is 18.8 Å². The van der Waals surface area contributed by atoms with Crippen molar-refractivity contribution in [1.29, 1.82) is 0 Å². The average Bonchev–Trinajstić information content (AvgIpc) is 3.07. The van der Waals surface area contributed by atoms with Gasteiger partial charge in [0.15, 0.2) is 0 Å². The molecule has 0 aromatic carbocycles. The SMILES string of the molecule is CCCCCCCCCCCCCCCCCCCCC(O)C(=O)NC(CO)C(N=O)C(O)CCCCCCCCCCCCCC. The van der Waals surface area contributed by atoms with Crippen LogP contribution < -0.4 is 5.32 Å². The zero-order valence-corrected chi connectivity index (χ0v) is 31.2. The molecule has 0 aromatic rings. The van der Waals surface area contributed by atoms with Gasteiger partial charge in [-0.2, -0.15) is 4.91 Å². The van der Waals surface area contributed by atoms with E-state index in [1.807, 2.05) is 0 Å². The van der Waals surface area contributed by atoms with Crippen LogP contribution in [-0.4, -0.2) is 52.1 Å². The predicted octanol–water partition coefficient (Wildman–Crippen LogP) is 10.8. The van der Waals surface area contributed by atoms with E-state index in [0.29, 0.717) is 12.8 Å². The fourth-order valence-corrected chi connectivity index (χ4v) is 6.67. The molecule has 0 aliphatic carbocycles. The number of carbonyl (C=O) groups excluding carboxylic acids is 1. The first kappa shape index (κ1) is 46.0. The zero-order chi connectivity index (χ0) is 34.6. The number of unbranched alkanes of at least 4 members (excludes halogenated alkanes) is 28. The van der Waals surface area contributed by atoms with Gasteiger partial charge in [-0.1, -0.05) is 212 Å². The van der Waals surface area contributed by atoms with Crippen LogP contribution in [0.2, 0.25) is 0 Å². The summed E-state index contributed by atoms with van der Waals surface area (Å²) in [6.45, 7) is 4.00. The number of hydrogen-bond acceptors (Lipinski definition) is 6. The molecule has 280 valence electrons. The molecule has 0 aromatic heterocycles. The lowest BCUT2D eigenvalue weighted by molar-refractivity contribution is -0.131. The molecule has 0 heterocycles. The lowest BCUT2D eigenvalue weighted by Crippen LogP contribution is -2.52. The maximum Gasteiger partial charge on any atom is 0.249 e. The third kappa shape index (κ3) is 29.6. The summed E-state index contributed by atoms with van der Waals surface area (Å²) >= 11 is 0. The smallest absolute Gasteiger partial charge is 0.249 e. The second-order valence-corrected chi connectivity index (χ2v) is 14.5. The van der Waals surface area contributed by atoms with E-state index in [2.05, 4.69) is 24.3 Å². The van der Waals surface area contributed by atoms with Crippen LogP contribution in [0.25, 0.3) is 0 Å². The monoisotopic (exact) mass is 669 g/mol. The Balaban J connectivity index is 3.84. The number of rotatable bonds is 38. The highest BCUT2D eigenvalue weighted by Gasteiger charge is 2.31. The number of amides is 1. The van der Waals surface area contributed by atoms with Crippen LogP contribution in [0.15, 0.2) is 5.18 Å². The highest BCUT2D eigenvalue weighted by molar-refractivity contribution is 5.80. The van der Waals surface area contributed by atoms with Crippen molar-refractivity contribution >= 4 is 5.91 Å². The van der Waals surface area contributed by atoms with E-state index in [1.54, 1.807) is 0 Å². The van der Waals surface area contributed by atoms with Crippen LogP contribution in [0.1, 0.15) is 219 Å². The molecule has 4 N–H and O–H groups in total. The van der Waals surface area contributed by atoms with Crippen molar-refractivity contribution in [1.82, 2.24) is 5.32 Å². The topological polar surface area (TPSA) is 119 Å². The molecule has 47 heavy (non-hydrogen) atoms. The molecule has 0 rings (SSSR count). The Morgan fingerprint density at radius 1 is 0.511 bits per heavy atom. The second-order valence-electron chi connectivity index (χ2n) is 14.5. The van der Waals surface area contributed by atoms with Crippen LogP contribution >= 0.6 is 0 Å². The summed E-state index contributed by atoms with van der Waals surface area (Å²) in [7, 11) is 0. The Kier molecular flexibility index (Phi) is 35.4. The summed E-state index contributed by atoms with van der Waals surface area (Å²) in [4.78, 5) is 24.1. The second kappa shape index (κ2) is 36.2. The van der Waals surface area contributed by atoms with Crippen molar-refractivity contribution in [2.45, 2.75) is 244 Å². The highest BCUT2D eigenvalue weighted by Crippen LogP contribution is 2.18. The van der Waals surface area contributed by atoms with Crippen molar-refractivity contribution in [3.05, 3.63) is 4.91 Å². The van der Waals surface area contributed by atoms with E-state index in [9.17, 15) is 25.0 Å². The lowest BCUT2D eigenvalue weighted by atomic mass is 9.97. The third-order valence-corrected chi connectivity index (χ3v) is 9.94. The summed E-state index contributed by atoms with van der Waals surface area (Å²) in [5.74, 6) is -0.609. The standard InChI is InChI=1S/C40H80N2O5/c1-3-5-7-9-11-13-15-17-18-19-20-21-22-24-26-28-30-32-34-38(45)40(46)41-36(35-43)39(42-47)37(44)33-31-29-27-25-23-16-14-12-10-8-6-4-2/h36-39,43-45H,3-35H2,1-2H3,(H,41,46). The molecule has 0 bridgehead atoms. The first-order chi connectivity index (χ1) is 23.0.